The Bertz CT molecular complexity index is 1060. The van der Waals surface area contributed by atoms with Gasteiger partial charge in [-0.05, 0) is 61.1 Å². The van der Waals surface area contributed by atoms with E-state index in [2.05, 4.69) is 4.72 Å². The van der Waals surface area contributed by atoms with Crippen LogP contribution in [0, 0.1) is 6.92 Å². The van der Waals surface area contributed by atoms with Gasteiger partial charge in [0.1, 0.15) is 0 Å². The molecule has 0 aliphatic carbocycles. The molecule has 0 unspecified atom stereocenters. The number of sulfonamides is 2. The summed E-state index contributed by atoms with van der Waals surface area (Å²) in [5, 5.41) is 0. The van der Waals surface area contributed by atoms with E-state index in [1.54, 1.807) is 24.3 Å². The van der Waals surface area contributed by atoms with Crippen molar-refractivity contribution in [2.75, 3.05) is 21.3 Å². The second kappa shape index (κ2) is 8.13. The third-order valence-electron chi connectivity index (χ3n) is 4.83. The van der Waals surface area contributed by atoms with Crippen molar-refractivity contribution < 1.29 is 16.8 Å². The van der Waals surface area contributed by atoms with E-state index >= 15 is 0 Å². The molecule has 0 spiro atoms. The molecule has 0 amide bonds. The minimum Gasteiger partial charge on any atom is -0.283 e. The highest BCUT2D eigenvalue weighted by Crippen LogP contribution is 2.32. The van der Waals surface area contributed by atoms with Gasteiger partial charge in [0.25, 0.3) is 0 Å². The van der Waals surface area contributed by atoms with E-state index in [4.69, 9.17) is 0 Å². The van der Waals surface area contributed by atoms with Crippen LogP contribution in [-0.2, 0) is 32.2 Å². The number of aryl methyl sites for hydroxylation is 2. The first-order chi connectivity index (χ1) is 13.2. The zero-order chi connectivity index (χ0) is 20.4. The molecule has 1 N–H and O–H groups in total. The Morgan fingerprint density at radius 2 is 1.82 bits per heavy atom. The predicted molar refractivity (Wildman–Crippen MR) is 114 cm³/mol. The van der Waals surface area contributed by atoms with Crippen LogP contribution in [0.2, 0.25) is 0 Å². The van der Waals surface area contributed by atoms with Crippen LogP contribution < -0.4 is 9.03 Å². The van der Waals surface area contributed by atoms with E-state index in [0.29, 0.717) is 24.3 Å². The number of fused-ring (bicyclic) bond motifs is 1. The van der Waals surface area contributed by atoms with Gasteiger partial charge in [0.2, 0.25) is 20.0 Å². The number of benzene rings is 2. The molecule has 8 heteroatoms. The fraction of sp³-hybridized carbons (Fsp3) is 0.400. The highest BCUT2D eigenvalue weighted by Gasteiger charge is 2.27. The summed E-state index contributed by atoms with van der Waals surface area (Å²) >= 11 is 0. The first kappa shape index (κ1) is 20.7. The SMILES string of the molecule is CCCS(=O)(=O)N1CCCc2cc(NS(=O)(=O)Cc3ccccc3C)ccc21. The van der Waals surface area contributed by atoms with Crippen LogP contribution in [0.25, 0.3) is 0 Å². The van der Waals surface area contributed by atoms with Crippen molar-refractivity contribution in [2.24, 2.45) is 0 Å². The molecule has 1 aliphatic heterocycles. The van der Waals surface area contributed by atoms with E-state index < -0.39 is 20.0 Å². The second-order valence-corrected chi connectivity index (χ2v) is 10.9. The van der Waals surface area contributed by atoms with Crippen LogP contribution in [0.1, 0.15) is 36.5 Å². The number of hydrogen-bond acceptors (Lipinski definition) is 4. The van der Waals surface area contributed by atoms with E-state index in [-0.39, 0.29) is 11.5 Å². The van der Waals surface area contributed by atoms with Gasteiger partial charge < -0.3 is 0 Å². The Hall–Kier alpha value is -2.06. The van der Waals surface area contributed by atoms with Crippen molar-refractivity contribution in [3.8, 4) is 0 Å². The topological polar surface area (TPSA) is 83.6 Å². The van der Waals surface area contributed by atoms with Gasteiger partial charge in [-0.15, -0.1) is 0 Å². The highest BCUT2D eigenvalue weighted by molar-refractivity contribution is 7.92. The Morgan fingerprint density at radius 1 is 1.07 bits per heavy atom. The number of rotatable bonds is 7. The van der Waals surface area contributed by atoms with Crippen LogP contribution in [0.5, 0.6) is 0 Å². The zero-order valence-electron chi connectivity index (χ0n) is 16.2. The molecule has 0 saturated heterocycles. The standard InChI is InChI=1S/C20H26N2O4S2/c1-3-13-28(25,26)22-12-6-9-17-14-19(10-11-20(17)22)21-27(23,24)15-18-8-5-4-7-16(18)2/h4-5,7-8,10-11,14,21H,3,6,9,12-13,15H2,1-2H3. The summed E-state index contributed by atoms with van der Waals surface area (Å²) in [7, 11) is -6.91. The van der Waals surface area contributed by atoms with Gasteiger partial charge in [-0.3, -0.25) is 9.03 Å². The van der Waals surface area contributed by atoms with Gasteiger partial charge in [0, 0.05) is 12.2 Å². The molecule has 6 nitrogen and oxygen atoms in total. The molecular weight excluding hydrogens is 396 g/mol. The summed E-state index contributed by atoms with van der Waals surface area (Å²) in [4.78, 5) is 0. The van der Waals surface area contributed by atoms with Crippen molar-refractivity contribution in [1.29, 1.82) is 0 Å². The summed E-state index contributed by atoms with van der Waals surface area (Å²) in [6, 6.07) is 12.5. The Morgan fingerprint density at radius 3 is 2.54 bits per heavy atom. The van der Waals surface area contributed by atoms with Gasteiger partial charge >= 0.3 is 0 Å². The zero-order valence-corrected chi connectivity index (χ0v) is 17.8. The van der Waals surface area contributed by atoms with Crippen LogP contribution in [0.15, 0.2) is 42.5 Å². The van der Waals surface area contributed by atoms with Crippen molar-refractivity contribution >= 4 is 31.4 Å². The Kier molecular flexibility index (Phi) is 6.00. The van der Waals surface area contributed by atoms with Crippen molar-refractivity contribution in [3.05, 3.63) is 59.2 Å². The molecule has 3 rings (SSSR count). The fourth-order valence-electron chi connectivity index (χ4n) is 3.48. The average Bonchev–Trinajstić information content (AvgIpc) is 2.62. The summed E-state index contributed by atoms with van der Waals surface area (Å²) < 4.78 is 54.3. The summed E-state index contributed by atoms with van der Waals surface area (Å²) in [5.41, 5.74) is 3.64. The van der Waals surface area contributed by atoms with Crippen molar-refractivity contribution in [3.63, 3.8) is 0 Å². The van der Waals surface area contributed by atoms with Gasteiger partial charge in [-0.2, -0.15) is 0 Å². The summed E-state index contributed by atoms with van der Waals surface area (Å²) in [6.45, 7) is 4.19. The Balaban J connectivity index is 1.83. The lowest BCUT2D eigenvalue weighted by atomic mass is 10.0. The largest absolute Gasteiger partial charge is 0.283 e. The molecule has 0 fully saturated rings. The minimum absolute atomic E-state index is 0.103. The monoisotopic (exact) mass is 422 g/mol. The van der Waals surface area contributed by atoms with Crippen LogP contribution in [-0.4, -0.2) is 29.1 Å². The fourth-order valence-corrected chi connectivity index (χ4v) is 6.39. The molecule has 0 saturated carbocycles. The molecule has 2 aromatic rings. The number of anilines is 2. The van der Waals surface area contributed by atoms with Crippen LogP contribution in [0.4, 0.5) is 11.4 Å². The lowest BCUT2D eigenvalue weighted by Crippen LogP contribution is -2.37. The molecule has 28 heavy (non-hydrogen) atoms. The van der Waals surface area contributed by atoms with Gasteiger partial charge in [-0.1, -0.05) is 31.2 Å². The van der Waals surface area contributed by atoms with Gasteiger partial charge in [0.05, 0.1) is 17.2 Å². The third kappa shape index (κ3) is 4.67. The van der Waals surface area contributed by atoms with E-state index in [0.717, 1.165) is 29.5 Å². The van der Waals surface area contributed by atoms with Crippen LogP contribution >= 0.6 is 0 Å². The number of nitrogens with zero attached hydrogens (tertiary/aromatic N) is 1. The number of nitrogens with one attached hydrogen (secondary N) is 1. The normalized spacial score (nSPS) is 14.6. The van der Waals surface area contributed by atoms with E-state index in [9.17, 15) is 16.8 Å². The second-order valence-electron chi connectivity index (χ2n) is 7.12. The van der Waals surface area contributed by atoms with Crippen molar-refractivity contribution in [2.45, 2.75) is 38.9 Å². The predicted octanol–water partition coefficient (Wildman–Crippen LogP) is 3.43. The molecule has 0 radical (unpaired) electrons. The maximum atomic E-state index is 12.6. The maximum Gasteiger partial charge on any atom is 0.236 e. The molecular formula is C20H26N2O4S2. The molecule has 0 aromatic heterocycles. The molecule has 152 valence electrons. The first-order valence-corrected chi connectivity index (χ1v) is 12.7. The van der Waals surface area contributed by atoms with E-state index in [1.165, 1.54) is 4.31 Å². The smallest absolute Gasteiger partial charge is 0.236 e. The number of hydrogen-bond donors (Lipinski definition) is 1. The average molecular weight is 423 g/mol. The lowest BCUT2D eigenvalue weighted by Gasteiger charge is -2.30. The van der Waals surface area contributed by atoms with E-state index in [1.807, 2.05) is 32.0 Å². The van der Waals surface area contributed by atoms with Crippen LogP contribution in [0.3, 0.4) is 0 Å². The quantitative estimate of drug-likeness (QED) is 0.741. The highest BCUT2D eigenvalue weighted by atomic mass is 32.2. The molecule has 1 aliphatic rings. The third-order valence-corrected chi connectivity index (χ3v) is 8.05. The lowest BCUT2D eigenvalue weighted by molar-refractivity contribution is 0.585. The van der Waals surface area contributed by atoms with Gasteiger partial charge in [0.15, 0.2) is 0 Å². The Labute approximate surface area is 167 Å². The first-order valence-electron chi connectivity index (χ1n) is 9.40. The summed E-state index contributed by atoms with van der Waals surface area (Å²) in [5.74, 6) is 0.00497. The molecule has 0 atom stereocenters. The summed E-state index contributed by atoms with van der Waals surface area (Å²) in [6.07, 6.45) is 2.00. The van der Waals surface area contributed by atoms with Gasteiger partial charge in [-0.25, -0.2) is 16.8 Å². The molecule has 1 heterocycles. The molecule has 2 aromatic carbocycles. The maximum absolute atomic E-state index is 12.6. The molecule has 0 bridgehead atoms. The van der Waals surface area contributed by atoms with Crippen molar-refractivity contribution in [1.82, 2.24) is 0 Å². The minimum atomic E-state index is -3.57.